The lowest BCUT2D eigenvalue weighted by Crippen LogP contribution is -2.45. The van der Waals surface area contributed by atoms with Gasteiger partial charge >= 0.3 is 0 Å². The first kappa shape index (κ1) is 63.3. The van der Waals surface area contributed by atoms with E-state index in [1.165, 1.54) is 102 Å². The molecule has 0 saturated heterocycles. The molecule has 0 bridgehead atoms. The van der Waals surface area contributed by atoms with Gasteiger partial charge in [0.05, 0.1) is 69.0 Å². The summed E-state index contributed by atoms with van der Waals surface area (Å²) in [5.41, 5.74) is 28.6. The van der Waals surface area contributed by atoms with E-state index >= 15 is 13.2 Å². The van der Waals surface area contributed by atoms with E-state index in [1.807, 2.05) is 87.5 Å². The maximum Gasteiger partial charge on any atom is 0.147 e. The summed E-state index contributed by atoms with van der Waals surface area (Å²) in [4.78, 5) is 8.60. The highest BCUT2D eigenvalue weighted by Gasteiger charge is 2.59. The van der Waals surface area contributed by atoms with Gasteiger partial charge in [0, 0.05) is 66.6 Å². The highest BCUT2D eigenvalue weighted by Crippen LogP contribution is 2.74. The Hall–Kier alpha value is -11.9. The van der Waals surface area contributed by atoms with Crippen LogP contribution in [0.15, 0.2) is 218 Å². The van der Waals surface area contributed by atoms with Crippen molar-refractivity contribution in [1.29, 1.82) is 15.8 Å². The minimum atomic E-state index is -0.641. The number of hydrogen-bond donors (Lipinski definition) is 0. The minimum Gasteiger partial charge on any atom is -0.309 e. The molecule has 0 fully saturated rings. The van der Waals surface area contributed by atoms with Gasteiger partial charge in [0.25, 0.3) is 0 Å². The van der Waals surface area contributed by atoms with Gasteiger partial charge in [-0.2, -0.15) is 15.8 Å². The van der Waals surface area contributed by atoms with Gasteiger partial charge in [-0.1, -0.05) is 156 Å². The first-order chi connectivity index (χ1) is 49.2. The molecule has 0 radical (unpaired) electrons. The summed E-state index contributed by atoms with van der Waals surface area (Å²) in [5.74, 6) is -1.10. The smallest absolute Gasteiger partial charge is 0.147 e. The number of rotatable bonds is 9. The van der Waals surface area contributed by atoms with E-state index in [2.05, 4.69) is 179 Å². The number of anilines is 12. The Bertz CT molecular complexity index is 5340. The minimum absolute atomic E-state index is 0.367. The molecule has 3 aliphatic carbocycles. The SMILES string of the molecule is CC1(C)c2cc(N(c3ccc(C#N)cc3)c3ccccc3F)ccc2-c2c1cc1c3c2C(C)(C)c2cc4c(c5c2N3c2c(cc3c(c2C1(C)C)-c1ccc(N(c2ccc(C#N)cc2)c2ccccc2F)cc1C3(C)C)C5(C)C)-c1ccc(N(c2ccc(C#N)cc2)c2ccccc2F)cc1C4(C)C. The van der Waals surface area contributed by atoms with Crippen molar-refractivity contribution in [2.24, 2.45) is 0 Å². The number of fused-ring (bicyclic) bond motifs is 12. The maximum absolute atomic E-state index is 16.5. The van der Waals surface area contributed by atoms with Gasteiger partial charge in [-0.25, -0.2) is 13.2 Å². The highest BCUT2D eigenvalue weighted by molar-refractivity contribution is 6.09. The fraction of sp³-hybridized carbons (Fsp3) is 0.194. The molecular formula is C93H72F3N7. The summed E-state index contributed by atoms with van der Waals surface area (Å²) in [6.07, 6.45) is 0. The summed E-state index contributed by atoms with van der Waals surface area (Å²) in [7, 11) is 0. The van der Waals surface area contributed by atoms with Crippen LogP contribution in [0.2, 0.25) is 0 Å². The molecule has 0 N–H and O–H groups in total. The normalized spacial score (nSPS) is 16.1. The zero-order valence-corrected chi connectivity index (χ0v) is 59.5. The fourth-order valence-electron chi connectivity index (χ4n) is 18.9. The van der Waals surface area contributed by atoms with Gasteiger partial charge in [-0.05, 0) is 246 Å². The summed E-state index contributed by atoms with van der Waals surface area (Å²) < 4.78 is 49.4. The van der Waals surface area contributed by atoms with Gasteiger partial charge in [-0.15, -0.1) is 0 Å². The second kappa shape index (κ2) is 21.3. The largest absolute Gasteiger partial charge is 0.309 e. The van der Waals surface area contributed by atoms with Gasteiger partial charge in [-0.3, -0.25) is 0 Å². The van der Waals surface area contributed by atoms with Crippen molar-refractivity contribution in [1.82, 2.24) is 0 Å². The van der Waals surface area contributed by atoms with Gasteiger partial charge in [0.15, 0.2) is 0 Å². The van der Waals surface area contributed by atoms with Crippen molar-refractivity contribution in [3.8, 4) is 51.6 Å². The molecule has 12 aromatic carbocycles. The van der Waals surface area contributed by atoms with Crippen LogP contribution in [0, 0.1) is 51.4 Å². The molecule has 7 nitrogen and oxygen atoms in total. The van der Waals surface area contributed by atoms with Crippen LogP contribution in [-0.4, -0.2) is 0 Å². The average molecular weight is 1340 g/mol. The first-order valence-corrected chi connectivity index (χ1v) is 35.3. The van der Waals surface area contributed by atoms with Crippen LogP contribution in [-0.2, 0) is 32.5 Å². The predicted molar refractivity (Wildman–Crippen MR) is 408 cm³/mol. The van der Waals surface area contributed by atoms with Crippen molar-refractivity contribution in [2.75, 3.05) is 19.6 Å². The van der Waals surface area contributed by atoms with Crippen LogP contribution in [0.4, 0.5) is 81.4 Å². The van der Waals surface area contributed by atoms with E-state index in [-0.39, 0.29) is 17.5 Å². The van der Waals surface area contributed by atoms with Crippen molar-refractivity contribution in [3.05, 3.63) is 319 Å². The van der Waals surface area contributed by atoms with Crippen LogP contribution in [0.5, 0.6) is 0 Å². The number of halogens is 3. The molecule has 103 heavy (non-hydrogen) atoms. The lowest BCUT2D eigenvalue weighted by molar-refractivity contribution is 0.558. The molecule has 3 aliphatic heterocycles. The second-order valence-corrected chi connectivity index (χ2v) is 31.8. The zero-order valence-electron chi connectivity index (χ0n) is 59.5. The van der Waals surface area contributed by atoms with E-state index in [9.17, 15) is 15.8 Å². The van der Waals surface area contributed by atoms with Crippen molar-refractivity contribution < 1.29 is 13.2 Å². The number of nitriles is 3. The third kappa shape index (κ3) is 8.43. The summed E-state index contributed by atoms with van der Waals surface area (Å²) in [6.45, 7) is 28.7. The molecule has 0 atom stereocenters. The third-order valence-corrected chi connectivity index (χ3v) is 24.1. The Kier molecular flexibility index (Phi) is 13.1. The standard InChI is InChI=1S/C93H72F3N7/c1-88(2)64-43-58(100(76-22-16-13-19-73(76)94)55-31-25-52(49-97)26-32-55)37-40-61(64)79-67(88)46-70-85-82(79)92(9,10)71-47-68-81(63-42-39-60(45-66(63)89(68,3)4)102(78-24-18-15-21-75(78)96)57-35-29-54(51-99)30-36-57)84-86(71)103(85)87-72(93(84,11)12)48-69-80(83(87)91(70,7)8)62-41-38-59(44-65(62)90(69,5)6)101(77-23-17-14-20-74(77)95)56-33-27-53(50-98)28-34-56/h13-48H,1-12H3. The van der Waals surface area contributed by atoms with Gasteiger partial charge in [0.2, 0.25) is 0 Å². The molecule has 3 heterocycles. The molecular weight excluding hydrogens is 1270 g/mol. The molecule has 10 heteroatoms. The molecule has 500 valence electrons. The number of hydrogen-bond acceptors (Lipinski definition) is 7. The van der Waals surface area contributed by atoms with Crippen LogP contribution in [0.1, 0.15) is 167 Å². The molecule has 0 amide bonds. The Balaban J connectivity index is 0.907. The lowest BCUT2D eigenvalue weighted by atomic mass is 9.57. The van der Waals surface area contributed by atoms with E-state index in [4.69, 9.17) is 0 Å². The number of nitrogens with zero attached hydrogens (tertiary/aromatic N) is 7. The first-order valence-electron chi connectivity index (χ1n) is 35.3. The third-order valence-electron chi connectivity index (χ3n) is 24.1. The van der Waals surface area contributed by atoms with Crippen LogP contribution in [0.3, 0.4) is 0 Å². The van der Waals surface area contributed by atoms with E-state index < -0.39 is 32.5 Å². The monoisotopic (exact) mass is 1340 g/mol. The van der Waals surface area contributed by atoms with Crippen LogP contribution >= 0.6 is 0 Å². The number of para-hydroxylation sites is 3. The van der Waals surface area contributed by atoms with E-state index in [0.717, 1.165) is 67.5 Å². The predicted octanol–water partition coefficient (Wildman–Crippen LogP) is 24.4. The quantitative estimate of drug-likeness (QED) is 0.142. The average Bonchev–Trinajstić information content (AvgIpc) is 1.63. The molecule has 12 aromatic rings. The number of benzene rings is 12. The van der Waals surface area contributed by atoms with Gasteiger partial charge in [0.1, 0.15) is 17.5 Å². The second-order valence-electron chi connectivity index (χ2n) is 31.8. The molecule has 18 rings (SSSR count). The van der Waals surface area contributed by atoms with Crippen molar-refractivity contribution in [2.45, 2.75) is 116 Å². The van der Waals surface area contributed by atoms with Crippen LogP contribution < -0.4 is 19.6 Å². The zero-order chi connectivity index (χ0) is 71.7. The topological polar surface area (TPSA) is 84.3 Å². The molecule has 0 saturated carbocycles. The van der Waals surface area contributed by atoms with Crippen molar-refractivity contribution >= 4 is 68.2 Å². The highest BCUT2D eigenvalue weighted by atomic mass is 19.1. The Labute approximate surface area is 599 Å². The molecule has 0 aromatic heterocycles. The molecule has 0 unspecified atom stereocenters. The molecule has 6 aliphatic rings. The lowest BCUT2D eigenvalue weighted by Gasteiger charge is -2.57. The van der Waals surface area contributed by atoms with Crippen molar-refractivity contribution in [3.63, 3.8) is 0 Å². The Morgan fingerprint density at radius 2 is 0.515 bits per heavy atom. The summed E-state index contributed by atoms with van der Waals surface area (Å²) >= 11 is 0. The molecule has 0 spiro atoms. The summed E-state index contributed by atoms with van der Waals surface area (Å²) in [6, 6.07) is 77.0. The Morgan fingerprint density at radius 1 is 0.272 bits per heavy atom. The van der Waals surface area contributed by atoms with E-state index in [0.29, 0.717) is 33.8 Å². The van der Waals surface area contributed by atoms with Gasteiger partial charge < -0.3 is 19.6 Å². The summed E-state index contributed by atoms with van der Waals surface area (Å²) in [5, 5.41) is 29.7. The fourth-order valence-corrected chi connectivity index (χ4v) is 18.9. The van der Waals surface area contributed by atoms with E-state index in [1.54, 1.807) is 54.6 Å². The van der Waals surface area contributed by atoms with Crippen LogP contribution in [0.25, 0.3) is 33.4 Å². The Morgan fingerprint density at radius 3 is 0.757 bits per heavy atom. The maximum atomic E-state index is 16.5.